The van der Waals surface area contributed by atoms with E-state index in [9.17, 15) is 9.59 Å². The predicted octanol–water partition coefficient (Wildman–Crippen LogP) is 2.41. The zero-order chi connectivity index (χ0) is 11.6. The summed E-state index contributed by atoms with van der Waals surface area (Å²) in [5.41, 5.74) is 0. The molecule has 1 rings (SSSR count). The Bertz CT molecular complexity index is 218. The molecular weight excluding hydrogens is 242 g/mol. The summed E-state index contributed by atoms with van der Waals surface area (Å²) in [6.45, 7) is 0.484. The van der Waals surface area contributed by atoms with Crippen molar-refractivity contribution in [2.45, 2.75) is 43.8 Å². The van der Waals surface area contributed by atoms with Gasteiger partial charge >= 0.3 is 0 Å². The second kappa shape index (κ2) is 8.93. The normalized spacial score (nSPS) is 19.6. The largest absolute Gasteiger partial charge is 0.356 e. The second-order valence-corrected chi connectivity index (χ2v) is 6.67. The maximum Gasteiger partial charge on any atom is 0.220 e. The van der Waals surface area contributed by atoms with Crippen LogP contribution in [-0.2, 0) is 9.59 Å². The van der Waals surface area contributed by atoms with Gasteiger partial charge in [-0.15, -0.1) is 0 Å². The molecule has 0 aromatic rings. The third kappa shape index (κ3) is 6.43. The topological polar surface area (TPSA) is 46.2 Å². The quantitative estimate of drug-likeness (QED) is 0.414. The number of carbonyl (C=O) groups is 2. The average molecular weight is 261 g/mol. The molecule has 1 atom stereocenters. The Kier molecular flexibility index (Phi) is 7.76. The first-order chi connectivity index (χ1) is 7.83. The van der Waals surface area contributed by atoms with Gasteiger partial charge in [-0.1, -0.05) is 28.0 Å². The minimum atomic E-state index is 0.0790. The van der Waals surface area contributed by atoms with Crippen LogP contribution in [0.1, 0.15) is 38.5 Å². The van der Waals surface area contributed by atoms with Gasteiger partial charge < -0.3 is 10.1 Å². The highest BCUT2D eigenvalue weighted by Gasteiger charge is 2.15. The molecule has 1 aliphatic rings. The van der Waals surface area contributed by atoms with E-state index in [1.165, 1.54) is 18.6 Å². The van der Waals surface area contributed by atoms with Crippen LogP contribution in [0.2, 0.25) is 0 Å². The van der Waals surface area contributed by atoms with Crippen LogP contribution in [0, 0.1) is 0 Å². The summed E-state index contributed by atoms with van der Waals surface area (Å²) in [5, 5.41) is 3.54. The van der Waals surface area contributed by atoms with Gasteiger partial charge in [0.05, 0.1) is 0 Å². The fourth-order valence-electron chi connectivity index (χ4n) is 1.58. The number of unbranched alkanes of at least 4 members (excludes halogenated alkanes) is 1. The summed E-state index contributed by atoms with van der Waals surface area (Å²) in [7, 11) is 3.96. The number of carbonyl (C=O) groups excluding carboxylic acids is 2. The van der Waals surface area contributed by atoms with E-state index in [4.69, 9.17) is 0 Å². The molecule has 1 fully saturated rings. The highest BCUT2D eigenvalue weighted by Crippen LogP contribution is 2.39. The first-order valence-corrected chi connectivity index (χ1v) is 8.19. The van der Waals surface area contributed by atoms with Crippen molar-refractivity contribution < 1.29 is 9.59 Å². The van der Waals surface area contributed by atoms with Crippen LogP contribution in [0.4, 0.5) is 0 Å². The van der Waals surface area contributed by atoms with Gasteiger partial charge in [-0.05, 0) is 19.3 Å². The highest BCUT2D eigenvalue weighted by atomic mass is 33.1. The van der Waals surface area contributed by atoms with Crippen LogP contribution < -0.4 is 5.32 Å². The molecule has 0 spiro atoms. The molecule has 0 aromatic heterocycles. The molecule has 5 heteroatoms. The van der Waals surface area contributed by atoms with Gasteiger partial charge in [0.25, 0.3) is 0 Å². The number of hydrogen-bond acceptors (Lipinski definition) is 4. The Balaban J connectivity index is 1.89. The zero-order valence-electron chi connectivity index (χ0n) is 9.44. The maximum atomic E-state index is 11.3. The maximum absolute atomic E-state index is 11.3. The van der Waals surface area contributed by atoms with Crippen molar-refractivity contribution in [3.8, 4) is 0 Å². The molecule has 16 heavy (non-hydrogen) atoms. The molecule has 1 unspecified atom stereocenters. The molecule has 1 aliphatic heterocycles. The SMILES string of the molecule is O=CCCNC(=O)CCCCC1CCSS1. The van der Waals surface area contributed by atoms with Gasteiger partial charge in [0.15, 0.2) is 0 Å². The van der Waals surface area contributed by atoms with Crippen molar-refractivity contribution in [2.24, 2.45) is 0 Å². The Hall–Kier alpha value is -0.160. The summed E-state index contributed by atoms with van der Waals surface area (Å²) >= 11 is 0. The standard InChI is InChI=1S/C11H19NO2S2/c13-8-3-7-12-11(14)5-2-1-4-10-6-9-15-16-10/h8,10H,1-7,9H2,(H,12,14). The minimum absolute atomic E-state index is 0.0790. The Morgan fingerprint density at radius 2 is 2.31 bits per heavy atom. The number of hydrogen-bond donors (Lipinski definition) is 1. The Labute approximate surface area is 105 Å². The van der Waals surface area contributed by atoms with Crippen molar-refractivity contribution >= 4 is 33.8 Å². The molecule has 0 bridgehead atoms. The molecule has 92 valence electrons. The molecule has 1 heterocycles. The predicted molar refractivity (Wildman–Crippen MR) is 70.6 cm³/mol. The average Bonchev–Trinajstić information content (AvgIpc) is 2.78. The van der Waals surface area contributed by atoms with E-state index in [-0.39, 0.29) is 5.91 Å². The number of nitrogens with one attached hydrogen (secondary N) is 1. The second-order valence-electron chi connectivity index (χ2n) is 3.88. The lowest BCUT2D eigenvalue weighted by Crippen LogP contribution is -2.24. The van der Waals surface area contributed by atoms with Crippen molar-refractivity contribution in [3.05, 3.63) is 0 Å². The van der Waals surface area contributed by atoms with Crippen LogP contribution in [0.3, 0.4) is 0 Å². The van der Waals surface area contributed by atoms with E-state index in [0.29, 0.717) is 19.4 Å². The van der Waals surface area contributed by atoms with Crippen molar-refractivity contribution in [3.63, 3.8) is 0 Å². The number of rotatable bonds is 8. The lowest BCUT2D eigenvalue weighted by molar-refractivity contribution is -0.121. The lowest BCUT2D eigenvalue weighted by atomic mass is 10.1. The van der Waals surface area contributed by atoms with Gasteiger partial charge in [0, 0.05) is 30.4 Å². The van der Waals surface area contributed by atoms with Crippen LogP contribution in [0.5, 0.6) is 0 Å². The Morgan fingerprint density at radius 1 is 1.44 bits per heavy atom. The molecular formula is C11H19NO2S2. The molecule has 1 amide bonds. The lowest BCUT2D eigenvalue weighted by Gasteiger charge is -2.06. The van der Waals surface area contributed by atoms with Gasteiger partial charge in [-0.2, -0.15) is 0 Å². The van der Waals surface area contributed by atoms with E-state index in [1.807, 2.05) is 21.6 Å². The molecule has 3 nitrogen and oxygen atoms in total. The van der Waals surface area contributed by atoms with Crippen LogP contribution >= 0.6 is 21.6 Å². The van der Waals surface area contributed by atoms with Gasteiger partial charge in [0.2, 0.25) is 5.91 Å². The third-order valence-electron chi connectivity index (χ3n) is 2.49. The first kappa shape index (κ1) is 13.9. The summed E-state index contributed by atoms with van der Waals surface area (Å²) in [4.78, 5) is 21.3. The van der Waals surface area contributed by atoms with E-state index < -0.39 is 0 Å². The first-order valence-electron chi connectivity index (χ1n) is 5.81. The highest BCUT2D eigenvalue weighted by molar-refractivity contribution is 8.77. The molecule has 0 aromatic carbocycles. The van der Waals surface area contributed by atoms with Gasteiger partial charge in [-0.25, -0.2) is 0 Å². The number of aldehydes is 1. The fourth-order valence-corrected chi connectivity index (χ4v) is 4.61. The van der Waals surface area contributed by atoms with Crippen molar-refractivity contribution in [1.29, 1.82) is 0 Å². The molecule has 1 saturated heterocycles. The van der Waals surface area contributed by atoms with Crippen LogP contribution in [-0.4, -0.2) is 29.7 Å². The van der Waals surface area contributed by atoms with Gasteiger partial charge in [-0.3, -0.25) is 4.79 Å². The summed E-state index contributed by atoms with van der Waals surface area (Å²) in [6, 6.07) is 0. The van der Waals surface area contributed by atoms with Crippen LogP contribution in [0.25, 0.3) is 0 Å². The summed E-state index contributed by atoms with van der Waals surface area (Å²) < 4.78 is 0. The fraction of sp³-hybridized carbons (Fsp3) is 0.818. The van der Waals surface area contributed by atoms with Gasteiger partial charge in [0.1, 0.15) is 6.29 Å². The van der Waals surface area contributed by atoms with Crippen molar-refractivity contribution in [1.82, 2.24) is 5.32 Å². The smallest absolute Gasteiger partial charge is 0.220 e. The number of amides is 1. The molecule has 1 N–H and O–H groups in total. The Morgan fingerprint density at radius 3 is 3.00 bits per heavy atom. The third-order valence-corrected chi connectivity index (χ3v) is 5.50. The minimum Gasteiger partial charge on any atom is -0.356 e. The monoisotopic (exact) mass is 261 g/mol. The van der Waals surface area contributed by atoms with E-state index in [1.54, 1.807) is 0 Å². The molecule has 0 aliphatic carbocycles. The molecule has 0 radical (unpaired) electrons. The molecule has 0 saturated carbocycles. The van der Waals surface area contributed by atoms with E-state index in [2.05, 4.69) is 5.32 Å². The summed E-state index contributed by atoms with van der Waals surface area (Å²) in [5.74, 6) is 1.36. The van der Waals surface area contributed by atoms with E-state index >= 15 is 0 Å². The zero-order valence-corrected chi connectivity index (χ0v) is 11.1. The van der Waals surface area contributed by atoms with Crippen LogP contribution in [0.15, 0.2) is 0 Å². The summed E-state index contributed by atoms with van der Waals surface area (Å²) in [6.07, 6.45) is 6.51. The van der Waals surface area contributed by atoms with Crippen molar-refractivity contribution in [2.75, 3.05) is 12.3 Å². The van der Waals surface area contributed by atoms with E-state index in [0.717, 1.165) is 24.4 Å².